The van der Waals surface area contributed by atoms with E-state index < -0.39 is 5.97 Å². The van der Waals surface area contributed by atoms with Crippen molar-refractivity contribution in [3.63, 3.8) is 0 Å². The highest BCUT2D eigenvalue weighted by molar-refractivity contribution is 5.74. The predicted octanol–water partition coefficient (Wildman–Crippen LogP) is 0.157. The van der Waals surface area contributed by atoms with Crippen molar-refractivity contribution in [3.8, 4) is 0 Å². The molecule has 0 saturated heterocycles. The lowest BCUT2D eigenvalue weighted by atomic mass is 10.8. The Morgan fingerprint density at radius 3 is 2.50 bits per heavy atom. The monoisotopic (exact) mass is 87.0 g/mol. The summed E-state index contributed by atoms with van der Waals surface area (Å²) >= 11 is 0. The molecule has 0 aliphatic heterocycles. The molecular formula is C3H5NO2. The SMILES string of the molecule is CC(=O)OC=N. The van der Waals surface area contributed by atoms with Crippen LogP contribution in [0, 0.1) is 5.41 Å². The van der Waals surface area contributed by atoms with Crippen LogP contribution in [-0.4, -0.2) is 12.4 Å². The first-order valence-electron chi connectivity index (χ1n) is 1.43. The second-order valence-corrected chi connectivity index (χ2v) is 0.727. The highest BCUT2D eigenvalue weighted by Crippen LogP contribution is 1.63. The molecule has 0 aromatic carbocycles. The van der Waals surface area contributed by atoms with E-state index in [1.807, 2.05) is 0 Å². The predicted molar refractivity (Wildman–Crippen MR) is 20.5 cm³/mol. The Balaban J connectivity index is 3.05. The van der Waals surface area contributed by atoms with Gasteiger partial charge in [0.2, 0.25) is 0 Å². The van der Waals surface area contributed by atoms with Gasteiger partial charge in [0.1, 0.15) is 0 Å². The van der Waals surface area contributed by atoms with Crippen LogP contribution < -0.4 is 0 Å². The lowest BCUT2D eigenvalue weighted by molar-refractivity contribution is -0.132. The Labute approximate surface area is 35.4 Å². The molecular weight excluding hydrogens is 82.0 g/mol. The van der Waals surface area contributed by atoms with Crippen molar-refractivity contribution in [2.45, 2.75) is 6.92 Å². The van der Waals surface area contributed by atoms with Gasteiger partial charge in [0, 0.05) is 6.92 Å². The fourth-order valence-electron chi connectivity index (χ4n) is 0.0830. The minimum absolute atomic E-state index is 0.454. The average molecular weight is 87.1 g/mol. The number of nitrogens with one attached hydrogen (secondary N) is 1. The Bertz CT molecular complexity index is 69.2. The number of ether oxygens (including phenoxy) is 1. The number of esters is 1. The largest absolute Gasteiger partial charge is 0.415 e. The van der Waals surface area contributed by atoms with Crippen molar-refractivity contribution in [2.75, 3.05) is 0 Å². The molecule has 3 nitrogen and oxygen atoms in total. The van der Waals surface area contributed by atoms with Crippen LogP contribution in [0.3, 0.4) is 0 Å². The fourth-order valence-corrected chi connectivity index (χ4v) is 0.0830. The molecule has 0 aromatic heterocycles. The van der Waals surface area contributed by atoms with Gasteiger partial charge >= 0.3 is 5.97 Å². The maximum absolute atomic E-state index is 9.67. The van der Waals surface area contributed by atoms with Crippen LogP contribution in [0.1, 0.15) is 6.92 Å². The van der Waals surface area contributed by atoms with Crippen LogP contribution in [0.25, 0.3) is 0 Å². The Morgan fingerprint density at radius 1 is 2.00 bits per heavy atom. The average Bonchev–Trinajstić information content (AvgIpc) is 1.35. The molecule has 3 heteroatoms. The highest BCUT2D eigenvalue weighted by atomic mass is 16.5. The van der Waals surface area contributed by atoms with E-state index in [4.69, 9.17) is 5.41 Å². The van der Waals surface area contributed by atoms with Crippen LogP contribution in [0.5, 0.6) is 0 Å². The smallest absolute Gasteiger partial charge is 0.308 e. The third kappa shape index (κ3) is 3.14. The van der Waals surface area contributed by atoms with E-state index in [0.29, 0.717) is 6.40 Å². The van der Waals surface area contributed by atoms with Gasteiger partial charge in [0.15, 0.2) is 6.40 Å². The molecule has 0 bridgehead atoms. The van der Waals surface area contributed by atoms with Gasteiger partial charge in [-0.15, -0.1) is 0 Å². The molecule has 0 unspecified atom stereocenters. The Hall–Kier alpha value is -0.860. The molecule has 6 heavy (non-hydrogen) atoms. The van der Waals surface area contributed by atoms with Crippen molar-refractivity contribution in [1.29, 1.82) is 5.41 Å². The standard InChI is InChI=1S/C3H5NO2/c1-3(5)6-2-4/h2,4H,1H3. The summed E-state index contributed by atoms with van der Waals surface area (Å²) in [6.07, 6.45) is 0.600. The van der Waals surface area contributed by atoms with Gasteiger partial charge in [-0.25, -0.2) is 0 Å². The number of hydrogen-bond donors (Lipinski definition) is 1. The minimum atomic E-state index is -0.454. The summed E-state index contributed by atoms with van der Waals surface area (Å²) in [6, 6.07) is 0. The number of rotatable bonds is 1. The topological polar surface area (TPSA) is 50.2 Å². The van der Waals surface area contributed by atoms with Crippen LogP contribution in [0.15, 0.2) is 0 Å². The zero-order valence-electron chi connectivity index (χ0n) is 3.39. The molecule has 0 saturated carbocycles. The van der Waals surface area contributed by atoms with Gasteiger partial charge in [0.25, 0.3) is 0 Å². The maximum atomic E-state index is 9.67. The van der Waals surface area contributed by atoms with E-state index in [2.05, 4.69) is 4.74 Å². The summed E-state index contributed by atoms with van der Waals surface area (Å²) in [7, 11) is 0. The van der Waals surface area contributed by atoms with E-state index in [0.717, 1.165) is 0 Å². The van der Waals surface area contributed by atoms with Gasteiger partial charge < -0.3 is 4.74 Å². The van der Waals surface area contributed by atoms with Gasteiger partial charge in [-0.2, -0.15) is 0 Å². The van der Waals surface area contributed by atoms with Crippen LogP contribution in [-0.2, 0) is 9.53 Å². The second kappa shape index (κ2) is 2.38. The Morgan fingerprint density at radius 2 is 2.50 bits per heavy atom. The van der Waals surface area contributed by atoms with Gasteiger partial charge in [-0.1, -0.05) is 0 Å². The molecule has 0 amide bonds. The lowest BCUT2D eigenvalue weighted by Gasteiger charge is -1.81. The van der Waals surface area contributed by atoms with Crippen molar-refractivity contribution < 1.29 is 9.53 Å². The molecule has 0 fully saturated rings. The summed E-state index contributed by atoms with van der Waals surface area (Å²) in [5.74, 6) is -0.454. The van der Waals surface area contributed by atoms with E-state index in [1.165, 1.54) is 6.92 Å². The number of carbonyl (C=O) groups is 1. The second-order valence-electron chi connectivity index (χ2n) is 0.727. The molecule has 0 spiro atoms. The van der Waals surface area contributed by atoms with Crippen molar-refractivity contribution in [1.82, 2.24) is 0 Å². The molecule has 34 valence electrons. The zero-order chi connectivity index (χ0) is 4.99. The van der Waals surface area contributed by atoms with Crippen LogP contribution >= 0.6 is 0 Å². The molecule has 0 atom stereocenters. The minimum Gasteiger partial charge on any atom is -0.415 e. The zero-order valence-corrected chi connectivity index (χ0v) is 3.39. The van der Waals surface area contributed by atoms with Crippen molar-refractivity contribution in [2.24, 2.45) is 0 Å². The quantitative estimate of drug-likeness (QED) is 0.281. The first kappa shape index (κ1) is 5.14. The number of carbonyl (C=O) groups excluding carboxylic acids is 1. The summed E-state index contributed by atoms with van der Waals surface area (Å²) < 4.78 is 3.94. The highest BCUT2D eigenvalue weighted by Gasteiger charge is 1.80. The van der Waals surface area contributed by atoms with E-state index in [1.54, 1.807) is 0 Å². The maximum Gasteiger partial charge on any atom is 0.308 e. The third-order valence-corrected chi connectivity index (χ3v) is 0.225. The van der Waals surface area contributed by atoms with Gasteiger partial charge in [-0.05, 0) is 0 Å². The van der Waals surface area contributed by atoms with Crippen molar-refractivity contribution >= 4 is 12.4 Å². The third-order valence-electron chi connectivity index (χ3n) is 0.225. The van der Waals surface area contributed by atoms with E-state index in [9.17, 15) is 4.79 Å². The molecule has 0 heterocycles. The van der Waals surface area contributed by atoms with E-state index in [-0.39, 0.29) is 0 Å². The van der Waals surface area contributed by atoms with Crippen molar-refractivity contribution in [3.05, 3.63) is 0 Å². The van der Waals surface area contributed by atoms with Crippen LogP contribution in [0.4, 0.5) is 0 Å². The molecule has 0 rings (SSSR count). The molecule has 0 aliphatic carbocycles. The lowest BCUT2D eigenvalue weighted by Crippen LogP contribution is -1.92. The molecule has 0 radical (unpaired) electrons. The summed E-state index contributed by atoms with van der Waals surface area (Å²) in [5.41, 5.74) is 0. The summed E-state index contributed by atoms with van der Waals surface area (Å²) in [4.78, 5) is 9.67. The summed E-state index contributed by atoms with van der Waals surface area (Å²) in [6.45, 7) is 1.24. The van der Waals surface area contributed by atoms with Crippen LogP contribution in [0.2, 0.25) is 0 Å². The molecule has 0 aromatic rings. The number of hydrogen-bond acceptors (Lipinski definition) is 3. The van der Waals surface area contributed by atoms with Gasteiger partial charge in [0.05, 0.1) is 0 Å². The summed E-state index contributed by atoms with van der Waals surface area (Å²) in [5, 5.41) is 6.16. The first-order valence-corrected chi connectivity index (χ1v) is 1.43. The first-order chi connectivity index (χ1) is 2.77. The fraction of sp³-hybridized carbons (Fsp3) is 0.333. The molecule has 1 N–H and O–H groups in total. The molecule has 0 aliphatic rings. The van der Waals surface area contributed by atoms with E-state index >= 15 is 0 Å². The normalized spacial score (nSPS) is 6.83. The Kier molecular flexibility index (Phi) is 2.04. The van der Waals surface area contributed by atoms with Gasteiger partial charge in [-0.3, -0.25) is 10.2 Å².